The van der Waals surface area contributed by atoms with Gasteiger partial charge in [-0.2, -0.15) is 0 Å². The summed E-state index contributed by atoms with van der Waals surface area (Å²) in [5.74, 6) is 0.862. The van der Waals surface area contributed by atoms with Gasteiger partial charge in [-0.3, -0.25) is 0 Å². The predicted molar refractivity (Wildman–Crippen MR) is 65.8 cm³/mol. The Bertz CT molecular complexity index is 442. The number of hydrogen-bond donors (Lipinski definition) is 1. The third-order valence-electron chi connectivity index (χ3n) is 2.04. The first kappa shape index (κ1) is 12.8. The van der Waals surface area contributed by atoms with Crippen LogP contribution in [0, 0.1) is 0 Å². The van der Waals surface area contributed by atoms with Crippen molar-refractivity contribution in [1.29, 1.82) is 0 Å². The number of anilines is 1. The minimum Gasteiger partial charge on any atom is -0.497 e. The van der Waals surface area contributed by atoms with Gasteiger partial charge in [-0.15, -0.1) is 0 Å². The Hall–Kier alpha value is -1.23. The molecule has 5 heteroatoms. The fourth-order valence-corrected chi connectivity index (χ4v) is 2.48. The van der Waals surface area contributed by atoms with Crippen LogP contribution >= 0.6 is 0 Å². The lowest BCUT2D eigenvalue weighted by Gasteiger charge is -2.14. The molecule has 0 bridgehead atoms. The highest BCUT2D eigenvalue weighted by atomic mass is 32.2. The molecule has 0 radical (unpaired) electrons. The molecule has 1 unspecified atom stereocenters. The molecule has 1 aromatic carbocycles. The molecule has 0 amide bonds. The summed E-state index contributed by atoms with van der Waals surface area (Å²) in [4.78, 5) is 0. The minimum absolute atomic E-state index is 0.115. The van der Waals surface area contributed by atoms with Crippen molar-refractivity contribution >= 4 is 15.5 Å². The highest BCUT2D eigenvalue weighted by Crippen LogP contribution is 2.17. The Kier molecular flexibility index (Phi) is 4.18. The van der Waals surface area contributed by atoms with Crippen LogP contribution in [0.4, 0.5) is 5.69 Å². The molecule has 0 saturated heterocycles. The van der Waals surface area contributed by atoms with Crippen LogP contribution in [0.2, 0.25) is 0 Å². The lowest BCUT2D eigenvalue weighted by Crippen LogP contribution is -2.24. The van der Waals surface area contributed by atoms with Gasteiger partial charge in [-0.25, -0.2) is 8.42 Å². The second-order valence-corrected chi connectivity index (χ2v) is 6.05. The van der Waals surface area contributed by atoms with Crippen molar-refractivity contribution in [3.8, 4) is 5.75 Å². The summed E-state index contributed by atoms with van der Waals surface area (Å²) in [6, 6.07) is 7.28. The van der Waals surface area contributed by atoms with Crippen LogP contribution in [0.3, 0.4) is 0 Å². The largest absolute Gasteiger partial charge is 0.497 e. The van der Waals surface area contributed by atoms with E-state index < -0.39 is 9.84 Å². The zero-order valence-electron chi connectivity index (χ0n) is 9.73. The van der Waals surface area contributed by atoms with Crippen molar-refractivity contribution < 1.29 is 13.2 Å². The average molecular weight is 243 g/mol. The lowest BCUT2D eigenvalue weighted by atomic mass is 10.2. The van der Waals surface area contributed by atoms with Gasteiger partial charge in [-0.1, -0.05) is 6.07 Å². The molecule has 1 rings (SSSR count). The standard InChI is InChI=1S/C11H17NO3S/c1-9(8-16(3,13)14)12-10-5-4-6-11(7-10)15-2/h4-7,9,12H,8H2,1-3H3. The van der Waals surface area contributed by atoms with Gasteiger partial charge < -0.3 is 10.1 Å². The van der Waals surface area contributed by atoms with Gasteiger partial charge in [0.2, 0.25) is 0 Å². The zero-order valence-corrected chi connectivity index (χ0v) is 10.5. The van der Waals surface area contributed by atoms with Gasteiger partial charge in [0, 0.05) is 24.1 Å². The molecule has 0 aliphatic carbocycles. The highest BCUT2D eigenvalue weighted by molar-refractivity contribution is 7.90. The van der Waals surface area contributed by atoms with E-state index in [9.17, 15) is 8.42 Å². The Labute approximate surface area is 96.5 Å². The molecule has 0 saturated carbocycles. The van der Waals surface area contributed by atoms with E-state index in [0.29, 0.717) is 0 Å². The van der Waals surface area contributed by atoms with E-state index in [1.165, 1.54) is 6.26 Å². The SMILES string of the molecule is COc1cccc(NC(C)CS(C)(=O)=O)c1. The molecule has 0 heterocycles. The smallest absolute Gasteiger partial charge is 0.149 e. The summed E-state index contributed by atoms with van der Waals surface area (Å²) < 4.78 is 27.3. The monoisotopic (exact) mass is 243 g/mol. The number of methoxy groups -OCH3 is 1. The number of sulfone groups is 1. The molecule has 1 aromatic rings. The van der Waals surface area contributed by atoms with Crippen LogP contribution in [-0.4, -0.2) is 33.6 Å². The summed E-state index contributed by atoms with van der Waals surface area (Å²) >= 11 is 0. The van der Waals surface area contributed by atoms with Gasteiger partial charge in [0.05, 0.1) is 12.9 Å². The van der Waals surface area contributed by atoms with Gasteiger partial charge in [-0.05, 0) is 19.1 Å². The first-order chi connectivity index (χ1) is 7.40. The third kappa shape index (κ3) is 4.53. The maximum atomic E-state index is 11.1. The van der Waals surface area contributed by atoms with Gasteiger partial charge in [0.1, 0.15) is 15.6 Å². The van der Waals surface area contributed by atoms with E-state index in [-0.39, 0.29) is 11.8 Å². The van der Waals surface area contributed by atoms with Crippen LogP contribution < -0.4 is 10.1 Å². The van der Waals surface area contributed by atoms with E-state index in [4.69, 9.17) is 4.74 Å². The predicted octanol–water partition coefficient (Wildman–Crippen LogP) is 1.54. The van der Waals surface area contributed by atoms with E-state index in [1.807, 2.05) is 31.2 Å². The Morgan fingerprint density at radius 3 is 2.69 bits per heavy atom. The Morgan fingerprint density at radius 2 is 2.12 bits per heavy atom. The number of hydrogen-bond acceptors (Lipinski definition) is 4. The average Bonchev–Trinajstić information content (AvgIpc) is 2.15. The fourth-order valence-electron chi connectivity index (χ4n) is 1.49. The molecule has 0 aliphatic rings. The summed E-state index contributed by atoms with van der Waals surface area (Å²) in [7, 11) is -1.36. The molecule has 0 aliphatic heterocycles. The Morgan fingerprint density at radius 1 is 1.44 bits per heavy atom. The minimum atomic E-state index is -2.95. The first-order valence-corrected chi connectivity index (χ1v) is 7.05. The number of ether oxygens (including phenoxy) is 1. The highest BCUT2D eigenvalue weighted by Gasteiger charge is 2.10. The van der Waals surface area contributed by atoms with Crippen LogP contribution in [0.5, 0.6) is 5.75 Å². The fraction of sp³-hybridized carbons (Fsp3) is 0.455. The van der Waals surface area contributed by atoms with E-state index in [2.05, 4.69) is 5.32 Å². The summed E-state index contributed by atoms with van der Waals surface area (Å²) in [6.07, 6.45) is 1.23. The van der Waals surface area contributed by atoms with Gasteiger partial charge >= 0.3 is 0 Å². The molecule has 1 atom stereocenters. The first-order valence-electron chi connectivity index (χ1n) is 4.99. The second kappa shape index (κ2) is 5.21. The molecule has 1 N–H and O–H groups in total. The maximum absolute atomic E-state index is 11.1. The number of benzene rings is 1. The Balaban J connectivity index is 2.65. The molecule has 16 heavy (non-hydrogen) atoms. The summed E-state index contributed by atoms with van der Waals surface area (Å²) in [5, 5.41) is 3.11. The van der Waals surface area contributed by atoms with Crippen molar-refractivity contribution in [3.63, 3.8) is 0 Å². The van der Waals surface area contributed by atoms with Crippen molar-refractivity contribution in [2.45, 2.75) is 13.0 Å². The molecule has 0 aromatic heterocycles. The van der Waals surface area contributed by atoms with Gasteiger partial charge in [0.15, 0.2) is 0 Å². The summed E-state index contributed by atoms with van der Waals surface area (Å²) in [5.41, 5.74) is 0.857. The van der Waals surface area contributed by atoms with Gasteiger partial charge in [0.25, 0.3) is 0 Å². The van der Waals surface area contributed by atoms with E-state index >= 15 is 0 Å². The van der Waals surface area contributed by atoms with Crippen LogP contribution in [-0.2, 0) is 9.84 Å². The molecule has 4 nitrogen and oxygen atoms in total. The zero-order chi connectivity index (χ0) is 12.2. The summed E-state index contributed by atoms with van der Waals surface area (Å²) in [6.45, 7) is 1.83. The molecular weight excluding hydrogens is 226 g/mol. The van der Waals surface area contributed by atoms with E-state index in [0.717, 1.165) is 11.4 Å². The maximum Gasteiger partial charge on any atom is 0.149 e. The molecule has 0 spiro atoms. The van der Waals surface area contributed by atoms with Crippen molar-refractivity contribution in [3.05, 3.63) is 24.3 Å². The van der Waals surface area contributed by atoms with Crippen LogP contribution in [0.1, 0.15) is 6.92 Å². The number of rotatable bonds is 5. The van der Waals surface area contributed by atoms with Crippen molar-refractivity contribution in [2.75, 3.05) is 24.4 Å². The number of nitrogens with one attached hydrogen (secondary N) is 1. The van der Waals surface area contributed by atoms with Crippen molar-refractivity contribution in [2.24, 2.45) is 0 Å². The second-order valence-electron chi connectivity index (χ2n) is 3.87. The normalized spacial score (nSPS) is 13.2. The van der Waals surface area contributed by atoms with Crippen molar-refractivity contribution in [1.82, 2.24) is 0 Å². The third-order valence-corrected chi connectivity index (χ3v) is 3.14. The van der Waals surface area contributed by atoms with Crippen LogP contribution in [0.15, 0.2) is 24.3 Å². The topological polar surface area (TPSA) is 55.4 Å². The molecular formula is C11H17NO3S. The van der Waals surface area contributed by atoms with Crippen LogP contribution in [0.25, 0.3) is 0 Å². The molecule has 90 valence electrons. The molecule has 0 fully saturated rings. The van der Waals surface area contributed by atoms with E-state index in [1.54, 1.807) is 7.11 Å². The lowest BCUT2D eigenvalue weighted by molar-refractivity contribution is 0.415. The quantitative estimate of drug-likeness (QED) is 0.852.